The van der Waals surface area contributed by atoms with E-state index >= 15 is 0 Å². The molecule has 1 aliphatic rings. The van der Waals surface area contributed by atoms with Crippen LogP contribution in [0.4, 0.5) is 0 Å². The molecule has 0 amide bonds. The number of carbonyl (C=O) groups excluding carboxylic acids is 1. The second kappa shape index (κ2) is 3.74. The fourth-order valence-corrected chi connectivity index (χ4v) is 2.30. The Morgan fingerprint density at radius 1 is 1.44 bits per heavy atom. The van der Waals surface area contributed by atoms with Gasteiger partial charge >= 0.3 is 5.97 Å². The van der Waals surface area contributed by atoms with Crippen LogP contribution in [-0.2, 0) is 4.74 Å². The van der Waals surface area contributed by atoms with E-state index in [-0.39, 0.29) is 5.56 Å². The molecule has 3 rings (SSSR count). The summed E-state index contributed by atoms with van der Waals surface area (Å²) in [6.07, 6.45) is 0.0583. The lowest BCUT2D eigenvalue weighted by molar-refractivity contribution is -0.0215. The van der Waals surface area contributed by atoms with E-state index in [9.17, 15) is 9.90 Å². The number of rotatable bonds is 1. The molecule has 0 fully saturated rings. The van der Waals surface area contributed by atoms with Crippen LogP contribution in [0, 0.1) is 0 Å². The van der Waals surface area contributed by atoms with Crippen LogP contribution >= 0.6 is 0 Å². The Morgan fingerprint density at radius 3 is 2.94 bits per heavy atom. The molecule has 0 aliphatic carbocycles. The minimum Gasteiger partial charge on any atom is -0.495 e. The van der Waals surface area contributed by atoms with Crippen molar-refractivity contribution in [2.75, 3.05) is 7.11 Å². The Balaban J connectivity index is 2.38. The van der Waals surface area contributed by atoms with Crippen molar-refractivity contribution in [2.45, 2.75) is 19.1 Å². The Morgan fingerprint density at radius 2 is 2.22 bits per heavy atom. The molecule has 0 unspecified atom stereocenters. The molecule has 18 heavy (non-hydrogen) atoms. The first kappa shape index (κ1) is 11.1. The molecule has 0 saturated carbocycles. The van der Waals surface area contributed by atoms with Crippen molar-refractivity contribution in [1.29, 1.82) is 0 Å². The second-order valence-corrected chi connectivity index (χ2v) is 4.26. The lowest BCUT2D eigenvalue weighted by atomic mass is 9.94. The standard InChI is InChI=1S/C13H12O5/c1-6-11(14)8-5-9-7(3-4-17-9)12(16-2)10(8)13(15)18-6/h3-6,11,14H,1-2H3/t6-,11-/m0/s1. The monoisotopic (exact) mass is 248 g/mol. The van der Waals surface area contributed by atoms with Gasteiger partial charge in [-0.1, -0.05) is 0 Å². The first-order chi connectivity index (χ1) is 8.63. The van der Waals surface area contributed by atoms with Crippen molar-refractivity contribution in [3.63, 3.8) is 0 Å². The van der Waals surface area contributed by atoms with Crippen LogP contribution < -0.4 is 4.74 Å². The van der Waals surface area contributed by atoms with Gasteiger partial charge in [-0.25, -0.2) is 4.79 Å². The zero-order valence-corrected chi connectivity index (χ0v) is 9.97. The van der Waals surface area contributed by atoms with Gasteiger partial charge in [0.2, 0.25) is 0 Å². The van der Waals surface area contributed by atoms with Crippen LogP contribution in [0.3, 0.4) is 0 Å². The first-order valence-corrected chi connectivity index (χ1v) is 5.60. The molecule has 1 N–H and O–H groups in total. The third-order valence-corrected chi connectivity index (χ3v) is 3.21. The fourth-order valence-electron chi connectivity index (χ4n) is 2.30. The van der Waals surface area contributed by atoms with Crippen molar-refractivity contribution < 1.29 is 23.8 Å². The van der Waals surface area contributed by atoms with Crippen LogP contribution in [0.2, 0.25) is 0 Å². The molecule has 94 valence electrons. The van der Waals surface area contributed by atoms with Crippen LogP contribution in [0.15, 0.2) is 22.8 Å². The number of aliphatic hydroxyl groups is 1. The first-order valence-electron chi connectivity index (χ1n) is 5.60. The number of hydrogen-bond donors (Lipinski definition) is 1. The van der Waals surface area contributed by atoms with E-state index in [2.05, 4.69) is 0 Å². The van der Waals surface area contributed by atoms with E-state index < -0.39 is 18.2 Å². The highest BCUT2D eigenvalue weighted by Gasteiger charge is 2.35. The van der Waals surface area contributed by atoms with Gasteiger partial charge in [0, 0.05) is 5.56 Å². The molecule has 0 spiro atoms. The normalized spacial score (nSPS) is 22.7. The summed E-state index contributed by atoms with van der Waals surface area (Å²) in [6.45, 7) is 1.64. The molecule has 0 radical (unpaired) electrons. The van der Waals surface area contributed by atoms with Gasteiger partial charge in [0.1, 0.15) is 29.1 Å². The third kappa shape index (κ3) is 1.34. The molecule has 2 aromatic rings. The van der Waals surface area contributed by atoms with Gasteiger partial charge in [0.25, 0.3) is 0 Å². The van der Waals surface area contributed by atoms with Crippen LogP contribution in [-0.4, -0.2) is 24.3 Å². The Labute approximate surface area is 103 Å². The summed E-state index contributed by atoms with van der Waals surface area (Å²) < 4.78 is 15.7. The molecule has 1 aromatic carbocycles. The highest BCUT2D eigenvalue weighted by atomic mass is 16.6. The lowest BCUT2D eigenvalue weighted by Crippen LogP contribution is -2.30. The molecule has 1 aromatic heterocycles. The van der Waals surface area contributed by atoms with E-state index in [0.29, 0.717) is 22.3 Å². The minimum absolute atomic E-state index is 0.275. The van der Waals surface area contributed by atoms with Crippen LogP contribution in [0.25, 0.3) is 11.0 Å². The van der Waals surface area contributed by atoms with Crippen LogP contribution in [0.5, 0.6) is 5.75 Å². The molecule has 2 heterocycles. The summed E-state index contributed by atoms with van der Waals surface area (Å²) in [6, 6.07) is 3.38. The Bertz CT molecular complexity index is 628. The summed E-state index contributed by atoms with van der Waals surface area (Å²) >= 11 is 0. The van der Waals surface area contributed by atoms with Crippen molar-refractivity contribution in [2.24, 2.45) is 0 Å². The van der Waals surface area contributed by atoms with Crippen molar-refractivity contribution >= 4 is 16.9 Å². The number of esters is 1. The largest absolute Gasteiger partial charge is 0.495 e. The quantitative estimate of drug-likeness (QED) is 0.782. The number of hydrogen-bond acceptors (Lipinski definition) is 5. The van der Waals surface area contributed by atoms with Gasteiger partial charge in [-0.2, -0.15) is 0 Å². The second-order valence-electron chi connectivity index (χ2n) is 4.26. The molecule has 0 bridgehead atoms. The topological polar surface area (TPSA) is 68.9 Å². The Hall–Kier alpha value is -2.01. The number of ether oxygens (including phenoxy) is 2. The molecule has 5 heteroatoms. The SMILES string of the molecule is COc1c2c(cc3occc13)[C@@H](O)[C@H](C)OC2=O. The number of furan rings is 1. The average molecular weight is 248 g/mol. The van der Waals surface area contributed by atoms with Crippen molar-refractivity contribution in [3.05, 3.63) is 29.5 Å². The number of aliphatic hydroxyl groups excluding tert-OH is 1. The maximum atomic E-state index is 11.9. The fraction of sp³-hybridized carbons (Fsp3) is 0.308. The molecular weight excluding hydrogens is 236 g/mol. The summed E-state index contributed by atoms with van der Waals surface area (Å²) in [5, 5.41) is 10.8. The summed E-state index contributed by atoms with van der Waals surface area (Å²) in [7, 11) is 1.47. The zero-order valence-electron chi connectivity index (χ0n) is 9.97. The maximum absolute atomic E-state index is 11.9. The molecule has 1 aliphatic heterocycles. The summed E-state index contributed by atoms with van der Waals surface area (Å²) in [5.41, 5.74) is 1.33. The van der Waals surface area contributed by atoms with Crippen molar-refractivity contribution in [3.8, 4) is 5.75 Å². The predicted octanol–water partition coefficient (Wildman–Crippen LogP) is 2.03. The van der Waals surface area contributed by atoms with Gasteiger partial charge in [0.15, 0.2) is 0 Å². The van der Waals surface area contributed by atoms with Gasteiger partial charge in [0.05, 0.1) is 18.8 Å². The van der Waals surface area contributed by atoms with Crippen LogP contribution in [0.1, 0.15) is 28.9 Å². The molecule has 2 atom stereocenters. The molecule has 5 nitrogen and oxygen atoms in total. The number of benzene rings is 1. The van der Waals surface area contributed by atoms with Gasteiger partial charge in [-0.3, -0.25) is 0 Å². The maximum Gasteiger partial charge on any atom is 0.342 e. The smallest absolute Gasteiger partial charge is 0.342 e. The van der Waals surface area contributed by atoms with Gasteiger partial charge < -0.3 is 19.0 Å². The predicted molar refractivity (Wildman–Crippen MR) is 62.6 cm³/mol. The molecule has 0 saturated heterocycles. The summed E-state index contributed by atoms with van der Waals surface area (Å²) in [4.78, 5) is 11.9. The number of methoxy groups -OCH3 is 1. The number of fused-ring (bicyclic) bond motifs is 2. The van der Waals surface area contributed by atoms with E-state index in [4.69, 9.17) is 13.9 Å². The zero-order chi connectivity index (χ0) is 12.9. The van der Waals surface area contributed by atoms with Crippen molar-refractivity contribution in [1.82, 2.24) is 0 Å². The van der Waals surface area contributed by atoms with E-state index in [1.54, 1.807) is 19.1 Å². The van der Waals surface area contributed by atoms with E-state index in [1.807, 2.05) is 0 Å². The van der Waals surface area contributed by atoms with Gasteiger partial charge in [-0.15, -0.1) is 0 Å². The van der Waals surface area contributed by atoms with E-state index in [1.165, 1.54) is 13.4 Å². The Kier molecular flexibility index (Phi) is 2.31. The number of cyclic esters (lactones) is 1. The summed E-state index contributed by atoms with van der Waals surface area (Å²) in [5.74, 6) is -0.102. The number of carbonyl (C=O) groups is 1. The average Bonchev–Trinajstić information content (AvgIpc) is 2.81. The highest BCUT2D eigenvalue weighted by Crippen LogP contribution is 2.40. The highest BCUT2D eigenvalue weighted by molar-refractivity contribution is 6.02. The molecular formula is C13H12O5. The van der Waals surface area contributed by atoms with Gasteiger partial charge in [-0.05, 0) is 19.1 Å². The lowest BCUT2D eigenvalue weighted by Gasteiger charge is -2.28. The third-order valence-electron chi connectivity index (χ3n) is 3.21. The van der Waals surface area contributed by atoms with E-state index in [0.717, 1.165) is 0 Å². The minimum atomic E-state index is -0.874.